The van der Waals surface area contributed by atoms with Crippen LogP contribution in [0.3, 0.4) is 0 Å². The molecule has 98 valence electrons. The van der Waals surface area contributed by atoms with Gasteiger partial charge in [0, 0.05) is 11.1 Å². The summed E-state index contributed by atoms with van der Waals surface area (Å²) in [5.74, 6) is -0.323. The highest BCUT2D eigenvalue weighted by Gasteiger charge is 2.34. The van der Waals surface area contributed by atoms with E-state index in [1.54, 1.807) is 12.1 Å². The zero-order valence-electron chi connectivity index (χ0n) is 10.3. The number of carboxylic acid groups (broad SMARTS) is 1. The zero-order chi connectivity index (χ0) is 13.3. The molecule has 18 heavy (non-hydrogen) atoms. The third-order valence-electron chi connectivity index (χ3n) is 3.35. The molecular weight excluding hydrogens is 236 g/mol. The lowest BCUT2D eigenvalue weighted by Crippen LogP contribution is -2.26. The van der Waals surface area contributed by atoms with E-state index in [9.17, 15) is 9.90 Å². The van der Waals surface area contributed by atoms with Gasteiger partial charge in [-0.15, -0.1) is 0 Å². The van der Waals surface area contributed by atoms with Crippen molar-refractivity contribution < 1.29 is 24.5 Å². The third kappa shape index (κ3) is 2.01. The van der Waals surface area contributed by atoms with Gasteiger partial charge >= 0.3 is 5.97 Å². The van der Waals surface area contributed by atoms with Gasteiger partial charge in [0.2, 0.25) is 0 Å². The van der Waals surface area contributed by atoms with Gasteiger partial charge in [0.25, 0.3) is 0 Å². The molecule has 0 aromatic heterocycles. The van der Waals surface area contributed by atoms with E-state index in [1.165, 1.54) is 14.2 Å². The SMILES string of the molecule is COc1ccc(OC)c2c1CC(C(=O)O)CC2O. The Morgan fingerprint density at radius 1 is 1.28 bits per heavy atom. The zero-order valence-corrected chi connectivity index (χ0v) is 10.3. The van der Waals surface area contributed by atoms with Gasteiger partial charge in [-0.2, -0.15) is 0 Å². The number of hydrogen-bond donors (Lipinski definition) is 2. The maximum Gasteiger partial charge on any atom is 0.306 e. The van der Waals surface area contributed by atoms with Crippen molar-refractivity contribution in [3.8, 4) is 11.5 Å². The van der Waals surface area contributed by atoms with Crippen LogP contribution in [0, 0.1) is 5.92 Å². The second kappa shape index (κ2) is 4.86. The number of aliphatic carboxylic acids is 1. The van der Waals surface area contributed by atoms with E-state index in [1.807, 2.05) is 0 Å². The number of methoxy groups -OCH3 is 2. The molecule has 5 heteroatoms. The minimum Gasteiger partial charge on any atom is -0.496 e. The molecule has 2 unspecified atom stereocenters. The predicted molar refractivity (Wildman–Crippen MR) is 64.0 cm³/mol. The minimum absolute atomic E-state index is 0.200. The first-order valence-electron chi connectivity index (χ1n) is 5.73. The Kier molecular flexibility index (Phi) is 3.43. The molecule has 0 spiro atoms. The molecule has 0 aliphatic heterocycles. The first-order valence-corrected chi connectivity index (χ1v) is 5.73. The largest absolute Gasteiger partial charge is 0.496 e. The van der Waals surface area contributed by atoms with Crippen LogP contribution in [0.4, 0.5) is 0 Å². The molecule has 2 rings (SSSR count). The number of rotatable bonds is 3. The molecule has 1 aliphatic rings. The monoisotopic (exact) mass is 252 g/mol. The van der Waals surface area contributed by atoms with E-state index in [0.29, 0.717) is 23.5 Å². The van der Waals surface area contributed by atoms with Crippen molar-refractivity contribution in [1.82, 2.24) is 0 Å². The average Bonchev–Trinajstić information content (AvgIpc) is 2.37. The molecule has 5 nitrogen and oxygen atoms in total. The lowest BCUT2D eigenvalue weighted by molar-refractivity contribution is -0.143. The van der Waals surface area contributed by atoms with Crippen LogP contribution in [-0.4, -0.2) is 30.4 Å². The molecule has 1 aromatic rings. The molecule has 0 saturated carbocycles. The molecule has 0 saturated heterocycles. The summed E-state index contributed by atoms with van der Waals surface area (Å²) in [6, 6.07) is 3.45. The highest BCUT2D eigenvalue weighted by Crippen LogP contribution is 2.43. The van der Waals surface area contributed by atoms with Crippen LogP contribution in [0.25, 0.3) is 0 Å². The van der Waals surface area contributed by atoms with E-state index >= 15 is 0 Å². The van der Waals surface area contributed by atoms with Crippen LogP contribution in [-0.2, 0) is 11.2 Å². The highest BCUT2D eigenvalue weighted by molar-refractivity contribution is 5.72. The Bertz CT molecular complexity index is 469. The number of benzene rings is 1. The number of ether oxygens (including phenoxy) is 2. The van der Waals surface area contributed by atoms with Crippen molar-refractivity contribution in [2.45, 2.75) is 18.9 Å². The van der Waals surface area contributed by atoms with Crippen LogP contribution in [0.2, 0.25) is 0 Å². The summed E-state index contributed by atoms with van der Waals surface area (Å²) in [7, 11) is 3.05. The smallest absolute Gasteiger partial charge is 0.306 e. The lowest BCUT2D eigenvalue weighted by Gasteiger charge is -2.29. The number of aliphatic hydroxyl groups is 1. The van der Waals surface area contributed by atoms with E-state index in [0.717, 1.165) is 5.56 Å². The molecule has 0 fully saturated rings. The Morgan fingerprint density at radius 2 is 1.89 bits per heavy atom. The fourth-order valence-electron chi connectivity index (χ4n) is 2.47. The van der Waals surface area contributed by atoms with Gasteiger partial charge in [0.1, 0.15) is 11.5 Å². The summed E-state index contributed by atoms with van der Waals surface area (Å²) in [5.41, 5.74) is 1.37. The topological polar surface area (TPSA) is 76.0 Å². The van der Waals surface area contributed by atoms with Gasteiger partial charge in [0.05, 0.1) is 26.2 Å². The van der Waals surface area contributed by atoms with Crippen LogP contribution < -0.4 is 9.47 Å². The second-order valence-corrected chi connectivity index (χ2v) is 4.35. The highest BCUT2D eigenvalue weighted by atomic mass is 16.5. The van der Waals surface area contributed by atoms with Gasteiger partial charge in [0.15, 0.2) is 0 Å². The average molecular weight is 252 g/mol. The summed E-state index contributed by atoms with van der Waals surface area (Å²) < 4.78 is 10.4. The Hall–Kier alpha value is -1.75. The summed E-state index contributed by atoms with van der Waals surface area (Å²) in [6.45, 7) is 0. The minimum atomic E-state index is -0.899. The van der Waals surface area contributed by atoms with Crippen LogP contribution >= 0.6 is 0 Å². The number of carboxylic acids is 1. The number of hydrogen-bond acceptors (Lipinski definition) is 4. The van der Waals surface area contributed by atoms with Crippen molar-refractivity contribution in [3.05, 3.63) is 23.3 Å². The molecule has 1 aliphatic carbocycles. The van der Waals surface area contributed by atoms with Crippen LogP contribution in [0.5, 0.6) is 11.5 Å². The van der Waals surface area contributed by atoms with Crippen molar-refractivity contribution in [3.63, 3.8) is 0 Å². The normalized spacial score (nSPS) is 22.2. The standard InChI is InChI=1S/C13H16O5/c1-17-10-3-4-11(18-2)12-8(10)5-7(13(15)16)6-9(12)14/h3-4,7,9,14H,5-6H2,1-2H3,(H,15,16). The Labute approximate surface area is 105 Å². The maximum absolute atomic E-state index is 11.1. The van der Waals surface area contributed by atoms with Crippen LogP contribution in [0.15, 0.2) is 12.1 Å². The summed E-state index contributed by atoms with van der Waals surface area (Å²) in [4.78, 5) is 11.1. The predicted octanol–water partition coefficient (Wildman–Crippen LogP) is 1.38. The van der Waals surface area contributed by atoms with E-state index in [4.69, 9.17) is 14.6 Å². The van der Waals surface area contributed by atoms with Crippen molar-refractivity contribution >= 4 is 5.97 Å². The van der Waals surface area contributed by atoms with Crippen molar-refractivity contribution in [2.75, 3.05) is 14.2 Å². The number of fused-ring (bicyclic) bond motifs is 1. The maximum atomic E-state index is 11.1. The molecule has 0 bridgehead atoms. The van der Waals surface area contributed by atoms with E-state index in [-0.39, 0.29) is 6.42 Å². The molecule has 0 radical (unpaired) electrons. The first kappa shape index (κ1) is 12.7. The Balaban J connectivity index is 2.52. The van der Waals surface area contributed by atoms with Gasteiger partial charge in [-0.3, -0.25) is 4.79 Å². The van der Waals surface area contributed by atoms with E-state index < -0.39 is 18.0 Å². The molecule has 2 atom stereocenters. The fraction of sp³-hybridized carbons (Fsp3) is 0.462. The quantitative estimate of drug-likeness (QED) is 0.850. The molecule has 0 heterocycles. The van der Waals surface area contributed by atoms with E-state index in [2.05, 4.69) is 0 Å². The second-order valence-electron chi connectivity index (χ2n) is 4.35. The van der Waals surface area contributed by atoms with Gasteiger partial charge in [-0.05, 0) is 25.0 Å². The number of aliphatic hydroxyl groups excluding tert-OH is 1. The van der Waals surface area contributed by atoms with Gasteiger partial charge < -0.3 is 19.7 Å². The van der Waals surface area contributed by atoms with Gasteiger partial charge in [-0.25, -0.2) is 0 Å². The molecule has 2 N–H and O–H groups in total. The molecule has 1 aromatic carbocycles. The Morgan fingerprint density at radius 3 is 2.44 bits per heavy atom. The lowest BCUT2D eigenvalue weighted by atomic mass is 9.81. The molecular formula is C13H16O5. The summed E-state index contributed by atoms with van der Waals surface area (Å²) >= 11 is 0. The first-order chi connectivity index (χ1) is 8.58. The van der Waals surface area contributed by atoms with Gasteiger partial charge in [-0.1, -0.05) is 0 Å². The fourth-order valence-corrected chi connectivity index (χ4v) is 2.47. The van der Waals surface area contributed by atoms with Crippen molar-refractivity contribution in [1.29, 1.82) is 0 Å². The van der Waals surface area contributed by atoms with Crippen molar-refractivity contribution in [2.24, 2.45) is 5.92 Å². The summed E-state index contributed by atoms with van der Waals surface area (Å²) in [6.07, 6.45) is -0.284. The van der Waals surface area contributed by atoms with Crippen LogP contribution in [0.1, 0.15) is 23.7 Å². The third-order valence-corrected chi connectivity index (χ3v) is 3.35. The summed E-state index contributed by atoms with van der Waals surface area (Å²) in [5, 5.41) is 19.2. The molecule has 0 amide bonds. The number of carbonyl (C=O) groups is 1.